The summed E-state index contributed by atoms with van der Waals surface area (Å²) in [5.74, 6) is -2.77. The minimum absolute atomic E-state index is 0.0315. The van der Waals surface area contributed by atoms with Crippen LogP contribution in [0.4, 0.5) is 10.1 Å². The molecule has 2 aromatic rings. The Morgan fingerprint density at radius 1 is 0.978 bits per heavy atom. The number of hydrogen-bond acceptors (Lipinski definition) is 7. The predicted octanol–water partition coefficient (Wildman–Crippen LogP) is 3.74. The molecule has 3 amide bonds. The lowest BCUT2D eigenvalue weighted by molar-refractivity contribution is -0.140. The van der Waals surface area contributed by atoms with Crippen molar-refractivity contribution in [2.45, 2.75) is 83.8 Å². The van der Waals surface area contributed by atoms with Crippen LogP contribution in [0.3, 0.4) is 0 Å². The molecule has 12 heteroatoms. The minimum Gasteiger partial charge on any atom is -0.396 e. The Bertz CT molecular complexity index is 1520. The molecule has 10 nitrogen and oxygen atoms in total. The molecule has 2 rings (SSSR count). The summed E-state index contributed by atoms with van der Waals surface area (Å²) in [6.07, 6.45) is 1.51. The van der Waals surface area contributed by atoms with E-state index in [1.54, 1.807) is 14.1 Å². The van der Waals surface area contributed by atoms with Crippen LogP contribution in [0.5, 0.6) is 0 Å². The topological polar surface area (TPSA) is 151 Å². The van der Waals surface area contributed by atoms with E-state index < -0.39 is 55.6 Å². The summed E-state index contributed by atoms with van der Waals surface area (Å²) in [5, 5.41) is 6.09. The van der Waals surface area contributed by atoms with Crippen molar-refractivity contribution in [3.63, 3.8) is 0 Å². The number of hydrogen-bond donors (Lipinski definition) is 4. The molecule has 0 radical (unpaired) electrons. The van der Waals surface area contributed by atoms with E-state index in [-0.39, 0.29) is 29.0 Å². The van der Waals surface area contributed by atoms with E-state index in [2.05, 4.69) is 10.6 Å². The summed E-state index contributed by atoms with van der Waals surface area (Å²) in [7, 11) is -1.11. The van der Waals surface area contributed by atoms with E-state index in [9.17, 15) is 27.2 Å². The molecule has 45 heavy (non-hydrogen) atoms. The summed E-state index contributed by atoms with van der Waals surface area (Å²) in [5.41, 5.74) is 4.90. The van der Waals surface area contributed by atoms with Crippen LogP contribution in [-0.4, -0.2) is 63.3 Å². The van der Waals surface area contributed by atoms with Gasteiger partial charge in [-0.1, -0.05) is 84.9 Å². The highest BCUT2D eigenvalue weighted by atomic mass is 32.2. The standard InChI is InChI=1S/C33H48FN5O5S/c1-20(2)26(18-21(3)29(40)38-45(43,44)23-16-17-25(35)24(34)19-23)39(10)31(42)28(32(4,5)6)37-30(41)27(36-9)33(7,8)22-14-12-11-13-15-22/h11-20,26-28,36H,35H2,1-10H3,(H,37,41)(H,38,40)/b21-18+/t26-,27-,28-/m1/s1. The Kier molecular flexibility index (Phi) is 12.1. The number of nitrogens with one attached hydrogen (secondary N) is 3. The van der Waals surface area contributed by atoms with E-state index >= 15 is 0 Å². The van der Waals surface area contributed by atoms with Crippen molar-refractivity contribution < 1.29 is 27.2 Å². The molecule has 0 heterocycles. The van der Waals surface area contributed by atoms with Crippen molar-refractivity contribution in [1.82, 2.24) is 20.3 Å². The highest BCUT2D eigenvalue weighted by Crippen LogP contribution is 2.29. The molecule has 0 saturated heterocycles. The van der Waals surface area contributed by atoms with Gasteiger partial charge in [-0.05, 0) is 49.1 Å². The van der Waals surface area contributed by atoms with Crippen molar-refractivity contribution in [3.05, 3.63) is 71.6 Å². The Labute approximate surface area is 267 Å². The molecule has 0 aliphatic rings. The highest BCUT2D eigenvalue weighted by Gasteiger charge is 2.41. The zero-order valence-electron chi connectivity index (χ0n) is 27.9. The number of likely N-dealkylation sites (N-methyl/N-ethyl adjacent to an activating group) is 2. The average Bonchev–Trinajstić information content (AvgIpc) is 2.94. The third-order valence-corrected chi connectivity index (χ3v) is 9.28. The van der Waals surface area contributed by atoms with E-state index in [1.807, 2.05) is 83.5 Å². The molecule has 3 atom stereocenters. The maximum atomic E-state index is 14.0. The number of amides is 3. The van der Waals surface area contributed by atoms with Crippen LogP contribution in [0.25, 0.3) is 0 Å². The molecular formula is C33H48FN5O5S. The zero-order chi connectivity index (χ0) is 34.5. The molecular weight excluding hydrogens is 597 g/mol. The lowest BCUT2D eigenvalue weighted by Crippen LogP contribution is -2.61. The van der Waals surface area contributed by atoms with Crippen LogP contribution in [0, 0.1) is 17.2 Å². The van der Waals surface area contributed by atoms with E-state index in [1.165, 1.54) is 17.9 Å². The first-order valence-corrected chi connectivity index (χ1v) is 16.2. The van der Waals surface area contributed by atoms with Gasteiger partial charge in [0.2, 0.25) is 11.8 Å². The van der Waals surface area contributed by atoms with Gasteiger partial charge in [-0.15, -0.1) is 0 Å². The molecule has 0 aliphatic carbocycles. The number of rotatable bonds is 12. The molecule has 0 unspecified atom stereocenters. The number of nitrogens with zero attached hydrogens (tertiary/aromatic N) is 1. The van der Waals surface area contributed by atoms with Crippen LogP contribution in [0.15, 0.2) is 65.1 Å². The summed E-state index contributed by atoms with van der Waals surface area (Å²) < 4.78 is 41.3. The number of carbonyl (C=O) groups is 3. The van der Waals surface area contributed by atoms with E-state index in [0.717, 1.165) is 23.8 Å². The number of nitrogen functional groups attached to an aromatic ring is 1. The van der Waals surface area contributed by atoms with Crippen LogP contribution in [-0.2, 0) is 29.8 Å². The first-order chi connectivity index (χ1) is 20.6. The first-order valence-electron chi connectivity index (χ1n) is 14.8. The van der Waals surface area contributed by atoms with Crippen LogP contribution in [0.2, 0.25) is 0 Å². The SMILES string of the molecule is CN[C@H](C(=O)N[C@H](C(=O)N(C)[C@H](/C=C(\C)C(=O)NS(=O)(=O)c1ccc(N)c(F)c1)C(C)C)C(C)(C)C)C(C)(C)c1ccccc1. The second-order valence-electron chi connectivity index (χ2n) is 13.3. The van der Waals surface area contributed by atoms with Crippen LogP contribution in [0.1, 0.15) is 61.0 Å². The Morgan fingerprint density at radius 2 is 1.56 bits per heavy atom. The fourth-order valence-electron chi connectivity index (χ4n) is 5.10. The second kappa shape index (κ2) is 14.6. The van der Waals surface area contributed by atoms with Crippen molar-refractivity contribution in [2.24, 2.45) is 11.3 Å². The van der Waals surface area contributed by atoms with Crippen molar-refractivity contribution >= 4 is 33.4 Å². The Morgan fingerprint density at radius 3 is 2.04 bits per heavy atom. The van der Waals surface area contributed by atoms with Gasteiger partial charge in [0.1, 0.15) is 11.9 Å². The summed E-state index contributed by atoms with van der Waals surface area (Å²) >= 11 is 0. The van der Waals surface area contributed by atoms with Crippen LogP contribution < -0.4 is 21.1 Å². The van der Waals surface area contributed by atoms with Gasteiger partial charge in [-0.25, -0.2) is 17.5 Å². The van der Waals surface area contributed by atoms with E-state index in [0.29, 0.717) is 0 Å². The van der Waals surface area contributed by atoms with Crippen molar-refractivity contribution in [2.75, 3.05) is 19.8 Å². The third kappa shape index (κ3) is 9.13. The fourth-order valence-corrected chi connectivity index (χ4v) is 6.13. The molecule has 5 N–H and O–H groups in total. The molecule has 0 bridgehead atoms. The Hall–Kier alpha value is -3.77. The van der Waals surface area contributed by atoms with Crippen LogP contribution >= 0.6 is 0 Å². The van der Waals surface area contributed by atoms with Gasteiger partial charge in [0, 0.05) is 18.0 Å². The first kappa shape index (κ1) is 37.4. The summed E-state index contributed by atoms with van der Waals surface area (Å²) in [6, 6.07) is 10.3. The predicted molar refractivity (Wildman–Crippen MR) is 175 cm³/mol. The number of benzene rings is 2. The van der Waals surface area contributed by atoms with Gasteiger partial charge in [0.15, 0.2) is 0 Å². The van der Waals surface area contributed by atoms with Crippen molar-refractivity contribution in [1.29, 1.82) is 0 Å². The summed E-state index contributed by atoms with van der Waals surface area (Å²) in [6.45, 7) is 14.6. The van der Waals surface area contributed by atoms with Gasteiger partial charge in [0.05, 0.1) is 22.7 Å². The number of anilines is 1. The monoisotopic (exact) mass is 645 g/mol. The lowest BCUT2D eigenvalue weighted by Gasteiger charge is -2.40. The Balaban J connectivity index is 2.34. The normalized spacial score (nSPS) is 14.8. The van der Waals surface area contributed by atoms with E-state index in [4.69, 9.17) is 5.73 Å². The minimum atomic E-state index is -4.40. The van der Waals surface area contributed by atoms with Gasteiger partial charge in [0.25, 0.3) is 15.9 Å². The molecule has 0 saturated carbocycles. The molecule has 0 spiro atoms. The lowest BCUT2D eigenvalue weighted by atomic mass is 9.76. The zero-order valence-corrected chi connectivity index (χ0v) is 28.7. The molecule has 0 aromatic heterocycles. The molecule has 2 aromatic carbocycles. The average molecular weight is 646 g/mol. The number of halogens is 1. The maximum Gasteiger partial charge on any atom is 0.264 e. The number of carbonyl (C=O) groups excluding carboxylic acids is 3. The molecule has 0 fully saturated rings. The number of sulfonamides is 1. The van der Waals surface area contributed by atoms with Crippen molar-refractivity contribution in [3.8, 4) is 0 Å². The third-order valence-electron chi connectivity index (χ3n) is 7.96. The second-order valence-corrected chi connectivity index (χ2v) is 15.0. The van der Waals surface area contributed by atoms with Gasteiger partial charge < -0.3 is 21.3 Å². The fraction of sp³-hybridized carbons (Fsp3) is 0.485. The van der Waals surface area contributed by atoms with Gasteiger partial charge in [-0.3, -0.25) is 14.4 Å². The maximum absolute atomic E-state index is 14.0. The molecule has 0 aliphatic heterocycles. The van der Waals surface area contributed by atoms with Gasteiger partial charge in [-0.2, -0.15) is 0 Å². The quantitative estimate of drug-likeness (QED) is 0.203. The smallest absolute Gasteiger partial charge is 0.264 e. The molecule has 248 valence electrons. The largest absolute Gasteiger partial charge is 0.396 e. The summed E-state index contributed by atoms with van der Waals surface area (Å²) in [4.78, 5) is 41.7. The number of nitrogens with two attached hydrogens (primary N) is 1. The highest BCUT2D eigenvalue weighted by molar-refractivity contribution is 7.90. The van der Waals surface area contributed by atoms with Gasteiger partial charge >= 0.3 is 0 Å².